The van der Waals surface area contributed by atoms with Gasteiger partial charge in [-0.2, -0.15) is 13.2 Å². The summed E-state index contributed by atoms with van der Waals surface area (Å²) < 4.78 is 37.8. The SMILES string of the molecule is CC(NC(=O)C(CN)c1ccccc1)c1ccc(C(F)(F)F)cc1. The van der Waals surface area contributed by atoms with E-state index >= 15 is 0 Å². The Labute approximate surface area is 138 Å². The van der Waals surface area contributed by atoms with Gasteiger partial charge in [-0.15, -0.1) is 0 Å². The van der Waals surface area contributed by atoms with Crippen LogP contribution >= 0.6 is 0 Å². The average Bonchev–Trinajstić information content (AvgIpc) is 2.56. The van der Waals surface area contributed by atoms with Crippen molar-refractivity contribution in [3.63, 3.8) is 0 Å². The molecular formula is C18H19F3N2O. The van der Waals surface area contributed by atoms with E-state index in [2.05, 4.69) is 5.32 Å². The molecule has 0 spiro atoms. The van der Waals surface area contributed by atoms with E-state index in [1.54, 1.807) is 6.92 Å². The number of amides is 1. The minimum absolute atomic E-state index is 0.148. The Bertz CT molecular complexity index is 669. The van der Waals surface area contributed by atoms with Crippen molar-refractivity contribution in [2.45, 2.75) is 25.1 Å². The van der Waals surface area contributed by atoms with Crippen LogP contribution in [0.25, 0.3) is 0 Å². The van der Waals surface area contributed by atoms with Crippen molar-refractivity contribution in [2.24, 2.45) is 5.73 Å². The molecular weight excluding hydrogens is 317 g/mol. The average molecular weight is 336 g/mol. The molecule has 0 bridgehead atoms. The van der Waals surface area contributed by atoms with Gasteiger partial charge in [-0.25, -0.2) is 0 Å². The fourth-order valence-electron chi connectivity index (χ4n) is 2.44. The molecule has 1 amide bonds. The number of carbonyl (C=O) groups is 1. The first kappa shape index (κ1) is 18.0. The van der Waals surface area contributed by atoms with Crippen LogP contribution in [0.5, 0.6) is 0 Å². The lowest BCUT2D eigenvalue weighted by molar-refractivity contribution is -0.137. The van der Waals surface area contributed by atoms with Crippen LogP contribution in [0.3, 0.4) is 0 Å². The van der Waals surface area contributed by atoms with E-state index in [0.717, 1.165) is 17.7 Å². The Balaban J connectivity index is 2.08. The van der Waals surface area contributed by atoms with Gasteiger partial charge in [0.05, 0.1) is 17.5 Å². The smallest absolute Gasteiger partial charge is 0.349 e. The highest BCUT2D eigenvalue weighted by Crippen LogP contribution is 2.30. The van der Waals surface area contributed by atoms with Crippen LogP contribution in [0.4, 0.5) is 13.2 Å². The predicted octanol–water partition coefficient (Wildman–Crippen LogP) is 3.63. The Morgan fingerprint density at radius 2 is 1.62 bits per heavy atom. The predicted molar refractivity (Wildman–Crippen MR) is 86.2 cm³/mol. The van der Waals surface area contributed by atoms with Crippen LogP contribution in [0, 0.1) is 0 Å². The molecule has 0 aliphatic heterocycles. The Morgan fingerprint density at radius 1 is 1.04 bits per heavy atom. The Hall–Kier alpha value is -2.34. The van der Waals surface area contributed by atoms with Crippen molar-refractivity contribution >= 4 is 5.91 Å². The minimum Gasteiger partial charge on any atom is -0.349 e. The molecule has 2 rings (SSSR count). The molecule has 0 fully saturated rings. The molecule has 6 heteroatoms. The molecule has 2 unspecified atom stereocenters. The summed E-state index contributed by atoms with van der Waals surface area (Å²) in [6.07, 6.45) is -4.37. The van der Waals surface area contributed by atoms with Gasteiger partial charge in [0.15, 0.2) is 0 Å². The number of alkyl halides is 3. The van der Waals surface area contributed by atoms with E-state index in [1.807, 2.05) is 30.3 Å². The highest BCUT2D eigenvalue weighted by molar-refractivity contribution is 5.84. The van der Waals surface area contributed by atoms with E-state index < -0.39 is 23.7 Å². The molecule has 2 aromatic carbocycles. The molecule has 3 N–H and O–H groups in total. The molecule has 2 atom stereocenters. The summed E-state index contributed by atoms with van der Waals surface area (Å²) in [6.45, 7) is 1.87. The number of hydrogen-bond acceptors (Lipinski definition) is 2. The molecule has 0 saturated carbocycles. The molecule has 128 valence electrons. The topological polar surface area (TPSA) is 55.1 Å². The number of rotatable bonds is 5. The number of benzene rings is 2. The number of nitrogens with two attached hydrogens (primary N) is 1. The van der Waals surface area contributed by atoms with Crippen LogP contribution in [-0.2, 0) is 11.0 Å². The zero-order chi connectivity index (χ0) is 17.7. The van der Waals surface area contributed by atoms with E-state index in [9.17, 15) is 18.0 Å². The second-order valence-corrected chi connectivity index (χ2v) is 5.55. The summed E-state index contributed by atoms with van der Waals surface area (Å²) in [7, 11) is 0. The lowest BCUT2D eigenvalue weighted by Gasteiger charge is -2.20. The molecule has 0 heterocycles. The van der Waals surface area contributed by atoms with Gasteiger partial charge in [0.1, 0.15) is 0 Å². The molecule has 0 radical (unpaired) electrons. The first-order chi connectivity index (χ1) is 11.3. The zero-order valence-corrected chi connectivity index (χ0v) is 13.2. The van der Waals surface area contributed by atoms with Gasteiger partial charge in [0.25, 0.3) is 0 Å². The first-order valence-corrected chi connectivity index (χ1v) is 7.55. The third-order valence-corrected chi connectivity index (χ3v) is 3.85. The fourth-order valence-corrected chi connectivity index (χ4v) is 2.44. The summed E-state index contributed by atoms with van der Waals surface area (Å²) in [5.74, 6) is -0.751. The van der Waals surface area contributed by atoms with Crippen LogP contribution in [0.1, 0.15) is 35.6 Å². The van der Waals surface area contributed by atoms with Crippen molar-refractivity contribution in [3.8, 4) is 0 Å². The summed E-state index contributed by atoms with van der Waals surface area (Å²) in [4.78, 5) is 12.4. The third-order valence-electron chi connectivity index (χ3n) is 3.85. The van der Waals surface area contributed by atoms with Crippen molar-refractivity contribution in [3.05, 3.63) is 71.3 Å². The van der Waals surface area contributed by atoms with Crippen LogP contribution in [0.15, 0.2) is 54.6 Å². The van der Waals surface area contributed by atoms with Gasteiger partial charge in [0.2, 0.25) is 5.91 Å². The number of nitrogens with one attached hydrogen (secondary N) is 1. The summed E-state index contributed by atoms with van der Waals surface area (Å²) in [6, 6.07) is 13.5. The molecule has 24 heavy (non-hydrogen) atoms. The minimum atomic E-state index is -4.37. The van der Waals surface area contributed by atoms with Crippen LogP contribution in [0.2, 0.25) is 0 Å². The summed E-state index contributed by atoms with van der Waals surface area (Å²) >= 11 is 0. The summed E-state index contributed by atoms with van der Waals surface area (Å²) in [5, 5.41) is 2.80. The first-order valence-electron chi connectivity index (χ1n) is 7.55. The van der Waals surface area contributed by atoms with Crippen molar-refractivity contribution in [2.75, 3.05) is 6.54 Å². The second kappa shape index (κ2) is 7.49. The number of halogens is 3. The number of carbonyl (C=O) groups excluding carboxylic acids is 1. The Kier molecular flexibility index (Phi) is 5.62. The lowest BCUT2D eigenvalue weighted by atomic mass is 9.97. The van der Waals surface area contributed by atoms with Gasteiger partial charge in [-0.3, -0.25) is 4.79 Å². The largest absolute Gasteiger partial charge is 0.416 e. The number of hydrogen-bond donors (Lipinski definition) is 2. The second-order valence-electron chi connectivity index (χ2n) is 5.55. The van der Waals surface area contributed by atoms with Crippen LogP contribution < -0.4 is 11.1 Å². The quantitative estimate of drug-likeness (QED) is 0.876. The van der Waals surface area contributed by atoms with Crippen LogP contribution in [-0.4, -0.2) is 12.5 Å². The van der Waals surface area contributed by atoms with E-state index in [1.165, 1.54) is 12.1 Å². The van der Waals surface area contributed by atoms with Gasteiger partial charge in [-0.05, 0) is 30.2 Å². The molecule has 0 aromatic heterocycles. The third kappa shape index (κ3) is 4.35. The summed E-state index contributed by atoms with van der Waals surface area (Å²) in [5.41, 5.74) is 6.39. The highest BCUT2D eigenvalue weighted by atomic mass is 19.4. The zero-order valence-electron chi connectivity index (χ0n) is 13.2. The maximum Gasteiger partial charge on any atom is 0.416 e. The van der Waals surface area contributed by atoms with E-state index in [0.29, 0.717) is 5.56 Å². The van der Waals surface area contributed by atoms with Gasteiger partial charge in [0, 0.05) is 6.54 Å². The normalized spacial score (nSPS) is 14.0. The molecule has 2 aromatic rings. The molecule has 0 aliphatic rings. The van der Waals surface area contributed by atoms with Crippen molar-refractivity contribution < 1.29 is 18.0 Å². The maximum absolute atomic E-state index is 12.6. The van der Waals surface area contributed by atoms with Crippen molar-refractivity contribution in [1.82, 2.24) is 5.32 Å². The molecule has 3 nitrogen and oxygen atoms in total. The van der Waals surface area contributed by atoms with Crippen molar-refractivity contribution in [1.29, 1.82) is 0 Å². The van der Waals surface area contributed by atoms with E-state index in [4.69, 9.17) is 5.73 Å². The molecule has 0 aliphatic carbocycles. The van der Waals surface area contributed by atoms with Gasteiger partial charge >= 0.3 is 6.18 Å². The maximum atomic E-state index is 12.6. The molecule has 0 saturated heterocycles. The Morgan fingerprint density at radius 3 is 2.12 bits per heavy atom. The van der Waals surface area contributed by atoms with Gasteiger partial charge in [-0.1, -0.05) is 42.5 Å². The fraction of sp³-hybridized carbons (Fsp3) is 0.278. The van der Waals surface area contributed by atoms with Gasteiger partial charge < -0.3 is 11.1 Å². The highest BCUT2D eigenvalue weighted by Gasteiger charge is 2.30. The van der Waals surface area contributed by atoms with E-state index in [-0.39, 0.29) is 12.5 Å². The standard InChI is InChI=1S/C18H19F3N2O/c1-12(13-7-9-15(10-8-13)18(19,20)21)23-17(24)16(11-22)14-5-3-2-4-6-14/h2-10,12,16H,11,22H2,1H3,(H,23,24). The monoisotopic (exact) mass is 336 g/mol. The lowest BCUT2D eigenvalue weighted by Crippen LogP contribution is -2.35.